The van der Waals surface area contributed by atoms with Crippen molar-refractivity contribution in [2.24, 2.45) is 0 Å². The summed E-state index contributed by atoms with van der Waals surface area (Å²) in [7, 11) is 0.253. The van der Waals surface area contributed by atoms with Crippen molar-refractivity contribution in [1.29, 1.82) is 0 Å². The van der Waals surface area contributed by atoms with E-state index in [0.29, 0.717) is 29.9 Å². The van der Waals surface area contributed by atoms with Crippen molar-refractivity contribution < 1.29 is 36.0 Å². The lowest BCUT2D eigenvalue weighted by molar-refractivity contribution is -0.892. The first kappa shape index (κ1) is 23.5. The van der Waals surface area contributed by atoms with Crippen molar-refractivity contribution in [3.63, 3.8) is 0 Å². The fourth-order valence-electron chi connectivity index (χ4n) is 0.952. The van der Waals surface area contributed by atoms with Crippen molar-refractivity contribution in [2.75, 3.05) is 41.0 Å². The van der Waals surface area contributed by atoms with Gasteiger partial charge in [-0.2, -0.15) is 0 Å². The highest BCUT2D eigenvalue weighted by molar-refractivity contribution is 7.80. The number of hydrogen-bond acceptors (Lipinski definition) is 7. The summed E-state index contributed by atoms with van der Waals surface area (Å²) in [5.74, 6) is -0.602. The maximum atomic E-state index is 11.1. The third-order valence-corrected chi connectivity index (χ3v) is 2.76. The van der Waals surface area contributed by atoms with E-state index in [9.17, 15) is 22.6 Å². The highest BCUT2D eigenvalue weighted by atomic mass is 32.3. The highest BCUT2D eigenvalue weighted by Crippen LogP contribution is 1.97. The number of rotatable bonds is 8. The van der Waals surface area contributed by atoms with Gasteiger partial charge in [-0.25, -0.2) is 13.2 Å². The quantitative estimate of drug-likeness (QED) is 0.157. The molecule has 0 rings (SSSR count). The molecule has 0 heterocycles. The van der Waals surface area contributed by atoms with E-state index >= 15 is 0 Å². The van der Waals surface area contributed by atoms with Gasteiger partial charge >= 0.3 is 5.97 Å². The Morgan fingerprint density at radius 1 is 1.35 bits per heavy atom. The van der Waals surface area contributed by atoms with E-state index in [4.69, 9.17) is 4.74 Å². The summed E-state index contributed by atoms with van der Waals surface area (Å²) in [6.07, 6.45) is 1.22. The molecule has 10 heteroatoms. The zero-order chi connectivity index (χ0) is 18.7. The molecule has 0 aliphatic carbocycles. The standard InChI is InChI=1S/C12H20N2O3.CH4O4S/c1-6-11(15)13-9-14(4,5)7-8-17-12(16)10(2)3;1-5-6(2,3)4/h6H,1-2,7-9H2,3-5H3;1H3,(H,2,3,4). The maximum absolute atomic E-state index is 11.1. The van der Waals surface area contributed by atoms with E-state index in [1.807, 2.05) is 14.1 Å². The van der Waals surface area contributed by atoms with E-state index in [1.165, 1.54) is 6.08 Å². The lowest BCUT2D eigenvalue weighted by atomic mass is 10.4. The van der Waals surface area contributed by atoms with Crippen molar-refractivity contribution in [2.45, 2.75) is 6.92 Å². The van der Waals surface area contributed by atoms with Crippen molar-refractivity contribution in [3.05, 3.63) is 24.8 Å². The first-order chi connectivity index (χ1) is 10.3. The first-order valence-electron chi connectivity index (χ1n) is 6.41. The van der Waals surface area contributed by atoms with Gasteiger partial charge in [-0.05, 0) is 13.0 Å². The monoisotopic (exact) mass is 352 g/mol. The minimum absolute atomic E-state index is 0.213. The molecule has 9 nitrogen and oxygen atoms in total. The molecular formula is C13H24N2O7S. The van der Waals surface area contributed by atoms with Crippen molar-refractivity contribution >= 4 is 22.3 Å². The van der Waals surface area contributed by atoms with Gasteiger partial charge in [0.15, 0.2) is 6.67 Å². The minimum Gasteiger partial charge on any atom is -0.726 e. The van der Waals surface area contributed by atoms with Crippen LogP contribution < -0.4 is 5.32 Å². The molecule has 0 spiro atoms. The second-order valence-electron chi connectivity index (χ2n) is 5.05. The molecule has 134 valence electrons. The third kappa shape index (κ3) is 16.4. The molecule has 0 bridgehead atoms. The number of likely N-dealkylation sites (N-methyl/N-ethyl adjacent to an activating group) is 1. The molecule has 1 N–H and O–H groups in total. The summed E-state index contributed by atoms with van der Waals surface area (Å²) in [6, 6.07) is 0. The van der Waals surface area contributed by atoms with Crippen LogP contribution in [0, 0.1) is 0 Å². The summed E-state index contributed by atoms with van der Waals surface area (Å²) in [5, 5.41) is 2.69. The average Bonchev–Trinajstić information content (AvgIpc) is 2.44. The number of hydrogen-bond donors (Lipinski definition) is 1. The van der Waals surface area contributed by atoms with Crippen LogP contribution in [-0.4, -0.2) is 70.4 Å². The molecule has 0 saturated carbocycles. The van der Waals surface area contributed by atoms with Crippen LogP contribution in [0.1, 0.15) is 6.92 Å². The Morgan fingerprint density at radius 3 is 2.17 bits per heavy atom. The molecular weight excluding hydrogens is 328 g/mol. The molecule has 0 aromatic heterocycles. The van der Waals surface area contributed by atoms with Gasteiger partial charge in [0, 0.05) is 5.57 Å². The summed E-state index contributed by atoms with van der Waals surface area (Å²) >= 11 is 0. The van der Waals surface area contributed by atoms with Gasteiger partial charge in [0.05, 0.1) is 21.2 Å². The molecule has 0 aromatic carbocycles. The number of esters is 1. The van der Waals surface area contributed by atoms with Gasteiger partial charge in [0.25, 0.3) is 0 Å². The predicted octanol–water partition coefficient (Wildman–Crippen LogP) is -0.465. The molecule has 0 unspecified atom stereocenters. The first-order valence-corrected chi connectivity index (χ1v) is 7.74. The van der Waals surface area contributed by atoms with Crippen molar-refractivity contribution in [1.82, 2.24) is 5.32 Å². The van der Waals surface area contributed by atoms with Crippen LogP contribution in [0.25, 0.3) is 0 Å². The van der Waals surface area contributed by atoms with Gasteiger partial charge in [-0.1, -0.05) is 13.2 Å². The third-order valence-electron chi connectivity index (χ3n) is 2.35. The number of carbonyl (C=O) groups is 2. The average molecular weight is 352 g/mol. The SMILES string of the molecule is C=CC(=O)NC[N+](C)(C)CCOC(=O)C(=C)C.COS(=O)(=O)[O-]. The Morgan fingerprint density at radius 2 is 1.83 bits per heavy atom. The Balaban J connectivity index is 0. The smallest absolute Gasteiger partial charge is 0.333 e. The Hall–Kier alpha value is -1.75. The number of quaternary nitrogens is 1. The van der Waals surface area contributed by atoms with E-state index in [0.717, 1.165) is 7.11 Å². The van der Waals surface area contributed by atoms with Gasteiger partial charge in [0.1, 0.15) is 13.2 Å². The molecule has 1 amide bonds. The number of ether oxygens (including phenoxy) is 1. The fraction of sp³-hybridized carbons (Fsp3) is 0.538. The van der Waals surface area contributed by atoms with Crippen LogP contribution in [0.3, 0.4) is 0 Å². The highest BCUT2D eigenvalue weighted by Gasteiger charge is 2.16. The molecule has 0 aliphatic heterocycles. The Kier molecular flexibility index (Phi) is 11.1. The normalized spacial score (nSPS) is 10.8. The summed E-state index contributed by atoms with van der Waals surface area (Å²) in [4.78, 5) is 22.1. The second kappa shape index (κ2) is 10.9. The minimum atomic E-state index is -4.41. The summed E-state index contributed by atoms with van der Waals surface area (Å²) < 4.78 is 36.5. The second-order valence-corrected chi connectivity index (χ2v) is 6.20. The van der Waals surface area contributed by atoms with E-state index in [2.05, 4.69) is 22.7 Å². The predicted molar refractivity (Wildman–Crippen MR) is 82.7 cm³/mol. The van der Waals surface area contributed by atoms with Gasteiger partial charge in [-0.3, -0.25) is 8.98 Å². The van der Waals surface area contributed by atoms with Crippen LogP contribution in [0.15, 0.2) is 24.8 Å². The molecule has 0 aromatic rings. The van der Waals surface area contributed by atoms with Gasteiger partial charge in [-0.15, -0.1) is 0 Å². The van der Waals surface area contributed by atoms with E-state index < -0.39 is 10.4 Å². The van der Waals surface area contributed by atoms with Crippen LogP contribution >= 0.6 is 0 Å². The molecule has 0 atom stereocenters. The number of nitrogens with zero attached hydrogens (tertiary/aromatic N) is 1. The van der Waals surface area contributed by atoms with Crippen LogP contribution in [0.4, 0.5) is 0 Å². The molecule has 0 fully saturated rings. The van der Waals surface area contributed by atoms with Crippen LogP contribution in [-0.2, 0) is 28.9 Å². The zero-order valence-electron chi connectivity index (χ0n) is 13.8. The molecule has 23 heavy (non-hydrogen) atoms. The largest absolute Gasteiger partial charge is 0.726 e. The lowest BCUT2D eigenvalue weighted by Crippen LogP contribution is -2.49. The zero-order valence-corrected chi connectivity index (χ0v) is 14.6. The maximum Gasteiger partial charge on any atom is 0.333 e. The number of carbonyl (C=O) groups excluding carboxylic acids is 2. The summed E-state index contributed by atoms with van der Waals surface area (Å²) in [5.41, 5.74) is 0.385. The van der Waals surface area contributed by atoms with Gasteiger partial charge < -0.3 is 19.1 Å². The van der Waals surface area contributed by atoms with Gasteiger partial charge in [0.2, 0.25) is 16.3 Å². The lowest BCUT2D eigenvalue weighted by Gasteiger charge is -2.29. The topological polar surface area (TPSA) is 122 Å². The molecule has 0 radical (unpaired) electrons. The summed E-state index contributed by atoms with van der Waals surface area (Å²) in [6.45, 7) is 9.82. The van der Waals surface area contributed by atoms with Crippen LogP contribution in [0.2, 0.25) is 0 Å². The molecule has 0 saturated heterocycles. The molecule has 0 aliphatic rings. The fourth-order valence-corrected chi connectivity index (χ4v) is 0.952. The number of amides is 1. The number of nitrogens with one attached hydrogen (secondary N) is 1. The Bertz CT molecular complexity index is 526. The van der Waals surface area contributed by atoms with Crippen molar-refractivity contribution in [3.8, 4) is 0 Å². The van der Waals surface area contributed by atoms with Crippen LogP contribution in [0.5, 0.6) is 0 Å². The van der Waals surface area contributed by atoms with E-state index in [-0.39, 0.29) is 11.9 Å². The Labute approximate surface area is 137 Å². The van der Waals surface area contributed by atoms with E-state index in [1.54, 1.807) is 6.92 Å².